The summed E-state index contributed by atoms with van der Waals surface area (Å²) in [6.45, 7) is 20.1. The lowest BCUT2D eigenvalue weighted by Crippen LogP contribution is -2.67. The van der Waals surface area contributed by atoms with Crippen LogP contribution in [0.2, 0.25) is 0 Å². The Balaban J connectivity index is 1.59. The van der Waals surface area contributed by atoms with Crippen LogP contribution in [0.5, 0.6) is 0 Å². The summed E-state index contributed by atoms with van der Waals surface area (Å²) in [6, 6.07) is 0. The quantitative estimate of drug-likeness (QED) is 0.358. The Morgan fingerprint density at radius 1 is 0.871 bits per heavy atom. The van der Waals surface area contributed by atoms with Crippen LogP contribution in [-0.2, 0) is 4.79 Å². The number of allylic oxidation sites excluding steroid dienone is 2. The van der Waals surface area contributed by atoms with Gasteiger partial charge in [0.25, 0.3) is 0 Å². The van der Waals surface area contributed by atoms with Gasteiger partial charge in [0, 0.05) is 11.8 Å². The van der Waals surface area contributed by atoms with Crippen LogP contribution in [0.3, 0.4) is 0 Å². The van der Waals surface area contributed by atoms with Crippen molar-refractivity contribution in [2.45, 2.75) is 113 Å². The van der Waals surface area contributed by atoms with Crippen molar-refractivity contribution < 1.29 is 4.79 Å². The Kier molecular flexibility index (Phi) is 4.66. The molecule has 0 bridgehead atoms. The molecule has 5 rings (SSSR count). The van der Waals surface area contributed by atoms with Gasteiger partial charge in [-0.15, -0.1) is 0 Å². The van der Waals surface area contributed by atoms with Crippen molar-refractivity contribution in [2.75, 3.05) is 0 Å². The topological polar surface area (TPSA) is 17.1 Å². The third-order valence-corrected chi connectivity index (χ3v) is 13.1. The van der Waals surface area contributed by atoms with Gasteiger partial charge in [-0.25, -0.2) is 0 Å². The third-order valence-electron chi connectivity index (χ3n) is 13.1. The fraction of sp³-hybridized carbons (Fsp3) is 0.900. The van der Waals surface area contributed by atoms with Gasteiger partial charge in [0.2, 0.25) is 0 Å². The largest absolute Gasteiger partial charge is 0.299 e. The minimum atomic E-state index is -0.125. The molecule has 0 saturated heterocycles. The van der Waals surface area contributed by atoms with E-state index in [0.29, 0.717) is 39.8 Å². The molecular formula is C30H48O. The molecule has 0 unspecified atom stereocenters. The van der Waals surface area contributed by atoms with Gasteiger partial charge in [0.1, 0.15) is 5.78 Å². The Hall–Kier alpha value is -0.590. The molecule has 4 saturated carbocycles. The van der Waals surface area contributed by atoms with E-state index >= 15 is 0 Å². The van der Waals surface area contributed by atoms with E-state index in [1.165, 1.54) is 50.5 Å². The van der Waals surface area contributed by atoms with Crippen LogP contribution >= 0.6 is 0 Å². The standard InChI is InChI=1S/C30H48O/c1-19-12-16-28(6)24(31)18-30(8)21(25(28)20(19)2)10-11-23-27(5)15-9-14-26(3,4)22(27)13-17-29(23,30)7/h12,20-23,25H,9-11,13-18H2,1-8H3/t20-,21+,22-,23+,25+,27-,28+,29+,30+/m0/s1. The van der Waals surface area contributed by atoms with Crippen LogP contribution in [0, 0.1) is 56.7 Å². The van der Waals surface area contributed by atoms with Crippen LogP contribution in [0.1, 0.15) is 113 Å². The molecule has 31 heavy (non-hydrogen) atoms. The van der Waals surface area contributed by atoms with Gasteiger partial charge in [-0.2, -0.15) is 0 Å². The molecule has 9 atom stereocenters. The molecule has 0 N–H and O–H groups in total. The predicted molar refractivity (Wildman–Crippen MR) is 130 cm³/mol. The molecule has 0 heterocycles. The summed E-state index contributed by atoms with van der Waals surface area (Å²) in [5.41, 5.74) is 2.82. The first-order valence-corrected chi connectivity index (χ1v) is 13.5. The van der Waals surface area contributed by atoms with Gasteiger partial charge < -0.3 is 0 Å². The number of carbonyl (C=O) groups is 1. The van der Waals surface area contributed by atoms with Crippen LogP contribution in [-0.4, -0.2) is 5.78 Å². The molecule has 0 aromatic rings. The van der Waals surface area contributed by atoms with E-state index < -0.39 is 0 Å². The Morgan fingerprint density at radius 3 is 2.29 bits per heavy atom. The van der Waals surface area contributed by atoms with Gasteiger partial charge in [-0.1, -0.05) is 66.5 Å². The Morgan fingerprint density at radius 2 is 1.58 bits per heavy atom. The summed E-state index contributed by atoms with van der Waals surface area (Å²) in [5, 5.41) is 0. The van der Waals surface area contributed by atoms with Crippen LogP contribution in [0.15, 0.2) is 11.6 Å². The molecule has 0 aliphatic heterocycles. The lowest BCUT2D eigenvalue weighted by molar-refractivity contribution is -0.234. The molecule has 4 fully saturated rings. The third kappa shape index (κ3) is 2.59. The summed E-state index contributed by atoms with van der Waals surface area (Å²) >= 11 is 0. The molecule has 0 radical (unpaired) electrons. The predicted octanol–water partition coefficient (Wildman–Crippen LogP) is 8.23. The Labute approximate surface area is 192 Å². The monoisotopic (exact) mass is 424 g/mol. The van der Waals surface area contributed by atoms with Crippen molar-refractivity contribution in [1.82, 2.24) is 0 Å². The van der Waals surface area contributed by atoms with E-state index in [9.17, 15) is 4.79 Å². The first-order valence-electron chi connectivity index (χ1n) is 13.5. The number of Topliss-reactive ketones (excluding diaryl/α,β-unsaturated/α-hetero) is 1. The van der Waals surface area contributed by atoms with Crippen molar-refractivity contribution in [3.8, 4) is 0 Å². The normalized spacial score (nSPS) is 55.9. The average molecular weight is 425 g/mol. The fourth-order valence-electron chi connectivity index (χ4n) is 11.1. The van der Waals surface area contributed by atoms with E-state index in [2.05, 4.69) is 61.5 Å². The number of hydrogen-bond donors (Lipinski definition) is 0. The number of fused-ring (bicyclic) bond motifs is 7. The SMILES string of the molecule is CC1=CC[C@]2(C)C(=O)C[C@]3(C)[C@H](CC[C@@H]4[C@@]5(C)CCCC(C)(C)[C@@H]5CC[C@]43C)[C@H]2[C@H]1C. The maximum Gasteiger partial charge on any atom is 0.139 e. The van der Waals surface area contributed by atoms with E-state index in [1.807, 2.05) is 0 Å². The number of hydrogen-bond acceptors (Lipinski definition) is 1. The van der Waals surface area contributed by atoms with Gasteiger partial charge in [0.05, 0.1) is 0 Å². The lowest BCUT2D eigenvalue weighted by atomic mass is 9.31. The summed E-state index contributed by atoms with van der Waals surface area (Å²) in [4.78, 5) is 13.9. The first kappa shape index (κ1) is 22.2. The fourth-order valence-corrected chi connectivity index (χ4v) is 11.1. The number of ketones is 1. The molecule has 1 heteroatoms. The molecule has 0 amide bonds. The van der Waals surface area contributed by atoms with Gasteiger partial charge in [-0.05, 0) is 103 Å². The minimum absolute atomic E-state index is 0.125. The number of carbonyl (C=O) groups excluding carboxylic acids is 1. The highest BCUT2D eigenvalue weighted by Gasteiger charge is 2.70. The van der Waals surface area contributed by atoms with Gasteiger partial charge in [-0.3, -0.25) is 4.79 Å². The second-order valence-electron chi connectivity index (χ2n) is 14.5. The van der Waals surface area contributed by atoms with Crippen molar-refractivity contribution in [1.29, 1.82) is 0 Å². The second kappa shape index (κ2) is 6.50. The highest BCUT2D eigenvalue weighted by atomic mass is 16.1. The molecular weight excluding hydrogens is 376 g/mol. The van der Waals surface area contributed by atoms with Gasteiger partial charge >= 0.3 is 0 Å². The van der Waals surface area contributed by atoms with Crippen molar-refractivity contribution in [2.24, 2.45) is 56.7 Å². The molecule has 0 aromatic carbocycles. The lowest BCUT2D eigenvalue weighted by Gasteiger charge is -2.73. The van der Waals surface area contributed by atoms with Crippen LogP contribution < -0.4 is 0 Å². The highest BCUT2D eigenvalue weighted by molar-refractivity contribution is 5.87. The summed E-state index contributed by atoms with van der Waals surface area (Å²) in [6.07, 6.45) is 13.9. The van der Waals surface area contributed by atoms with Crippen molar-refractivity contribution >= 4 is 5.78 Å². The van der Waals surface area contributed by atoms with Crippen LogP contribution in [0.25, 0.3) is 0 Å². The second-order valence-corrected chi connectivity index (χ2v) is 14.5. The molecule has 5 aliphatic rings. The molecule has 5 aliphatic carbocycles. The maximum atomic E-state index is 13.9. The summed E-state index contributed by atoms with van der Waals surface area (Å²) in [7, 11) is 0. The zero-order chi connectivity index (χ0) is 22.6. The minimum Gasteiger partial charge on any atom is -0.299 e. The van der Waals surface area contributed by atoms with E-state index in [1.54, 1.807) is 0 Å². The highest BCUT2D eigenvalue weighted by Crippen LogP contribution is 2.76. The molecule has 174 valence electrons. The zero-order valence-corrected chi connectivity index (χ0v) is 21.7. The van der Waals surface area contributed by atoms with Gasteiger partial charge in [0.15, 0.2) is 0 Å². The van der Waals surface area contributed by atoms with E-state index in [-0.39, 0.29) is 10.8 Å². The molecule has 0 spiro atoms. The van der Waals surface area contributed by atoms with E-state index in [4.69, 9.17) is 0 Å². The number of rotatable bonds is 0. The molecule has 1 nitrogen and oxygen atoms in total. The summed E-state index contributed by atoms with van der Waals surface area (Å²) in [5.74, 6) is 4.02. The summed E-state index contributed by atoms with van der Waals surface area (Å²) < 4.78 is 0. The van der Waals surface area contributed by atoms with Crippen LogP contribution in [0.4, 0.5) is 0 Å². The first-order chi connectivity index (χ1) is 14.3. The smallest absolute Gasteiger partial charge is 0.139 e. The Bertz CT molecular complexity index is 820. The van der Waals surface area contributed by atoms with Crippen molar-refractivity contribution in [3.63, 3.8) is 0 Å². The maximum absolute atomic E-state index is 13.9. The van der Waals surface area contributed by atoms with E-state index in [0.717, 1.165) is 24.7 Å². The van der Waals surface area contributed by atoms with Crippen molar-refractivity contribution in [3.05, 3.63) is 11.6 Å². The average Bonchev–Trinajstić information content (AvgIpc) is 2.66. The zero-order valence-electron chi connectivity index (χ0n) is 21.7. The molecule has 0 aromatic heterocycles.